The van der Waals surface area contributed by atoms with Gasteiger partial charge in [0, 0.05) is 51.9 Å². The second-order valence-corrected chi connectivity index (χ2v) is 8.49. The van der Waals surface area contributed by atoms with Gasteiger partial charge in [-0.25, -0.2) is 0 Å². The summed E-state index contributed by atoms with van der Waals surface area (Å²) >= 11 is 0. The molecule has 2 fully saturated rings. The molecule has 2 heterocycles. The van der Waals surface area contributed by atoms with Crippen LogP contribution in [0.4, 0.5) is 0 Å². The lowest BCUT2D eigenvalue weighted by atomic mass is 9.76. The van der Waals surface area contributed by atoms with Gasteiger partial charge < -0.3 is 19.7 Å². The third kappa shape index (κ3) is 4.32. The number of piperidine rings is 1. The average molecular weight is 386 g/mol. The van der Waals surface area contributed by atoms with Crippen molar-refractivity contribution in [2.45, 2.75) is 50.0 Å². The number of carbonyl (C=O) groups excluding carboxylic acids is 2. The van der Waals surface area contributed by atoms with Gasteiger partial charge >= 0.3 is 0 Å². The second-order valence-electron chi connectivity index (χ2n) is 8.49. The highest BCUT2D eigenvalue weighted by Crippen LogP contribution is 2.46. The largest absolute Gasteiger partial charge is 0.487 e. The van der Waals surface area contributed by atoms with Crippen LogP contribution in [0.3, 0.4) is 0 Å². The van der Waals surface area contributed by atoms with E-state index in [1.807, 2.05) is 23.1 Å². The van der Waals surface area contributed by atoms with Gasteiger partial charge in [-0.2, -0.15) is 0 Å². The Morgan fingerprint density at radius 2 is 2.00 bits per heavy atom. The number of nitrogens with zero attached hydrogens (tertiary/aromatic N) is 1. The lowest BCUT2D eigenvalue weighted by Gasteiger charge is -2.47. The highest BCUT2D eigenvalue weighted by Gasteiger charge is 2.44. The van der Waals surface area contributed by atoms with Crippen LogP contribution in [0.25, 0.3) is 0 Å². The zero-order valence-corrected chi connectivity index (χ0v) is 16.6. The molecule has 0 bridgehead atoms. The predicted octanol–water partition coefficient (Wildman–Crippen LogP) is 2.48. The molecule has 1 N–H and O–H groups in total. The molecule has 0 unspecified atom stereocenters. The summed E-state index contributed by atoms with van der Waals surface area (Å²) in [5.74, 6) is 1.91. The molecule has 6 nitrogen and oxygen atoms in total. The van der Waals surface area contributed by atoms with Crippen LogP contribution in [0.5, 0.6) is 5.75 Å². The van der Waals surface area contributed by atoms with Gasteiger partial charge in [0.25, 0.3) is 0 Å². The van der Waals surface area contributed by atoms with Crippen LogP contribution in [0.1, 0.15) is 50.0 Å². The van der Waals surface area contributed by atoms with Crippen molar-refractivity contribution in [3.8, 4) is 5.75 Å². The maximum Gasteiger partial charge on any atom is 0.248 e. The first-order valence-corrected chi connectivity index (χ1v) is 10.4. The first-order chi connectivity index (χ1) is 13.6. The van der Waals surface area contributed by atoms with Crippen molar-refractivity contribution in [2.75, 3.05) is 33.4 Å². The number of hydrogen-bond donors (Lipinski definition) is 1. The van der Waals surface area contributed by atoms with E-state index in [2.05, 4.69) is 11.4 Å². The number of methoxy groups -OCH3 is 1. The van der Waals surface area contributed by atoms with E-state index in [1.54, 1.807) is 7.11 Å². The number of hydrogen-bond acceptors (Lipinski definition) is 4. The molecule has 1 aromatic rings. The van der Waals surface area contributed by atoms with Crippen LogP contribution in [-0.2, 0) is 14.3 Å². The molecule has 152 valence electrons. The highest BCUT2D eigenvalue weighted by molar-refractivity contribution is 5.78. The first kappa shape index (κ1) is 19.2. The van der Waals surface area contributed by atoms with Crippen LogP contribution in [0.15, 0.2) is 24.3 Å². The second kappa shape index (κ2) is 8.11. The fourth-order valence-electron chi connectivity index (χ4n) is 4.49. The van der Waals surface area contributed by atoms with Gasteiger partial charge in [-0.15, -0.1) is 0 Å². The van der Waals surface area contributed by atoms with Crippen LogP contribution >= 0.6 is 0 Å². The molecule has 1 aliphatic carbocycles. The molecule has 3 aliphatic rings. The van der Waals surface area contributed by atoms with Crippen LogP contribution in [0, 0.1) is 5.92 Å². The quantitative estimate of drug-likeness (QED) is 0.816. The van der Waals surface area contributed by atoms with Crippen LogP contribution in [-0.4, -0.2) is 55.7 Å². The number of benzene rings is 1. The molecular formula is C22H30N2O4. The molecule has 1 aromatic carbocycles. The van der Waals surface area contributed by atoms with E-state index >= 15 is 0 Å². The van der Waals surface area contributed by atoms with Crippen molar-refractivity contribution < 1.29 is 19.1 Å². The summed E-state index contributed by atoms with van der Waals surface area (Å²) < 4.78 is 11.4. The summed E-state index contributed by atoms with van der Waals surface area (Å²) in [6, 6.07) is 8.09. The van der Waals surface area contributed by atoms with E-state index in [0.29, 0.717) is 25.4 Å². The number of ether oxygens (including phenoxy) is 2. The minimum Gasteiger partial charge on any atom is -0.487 e. The van der Waals surface area contributed by atoms with Crippen molar-refractivity contribution in [1.82, 2.24) is 10.2 Å². The Hall–Kier alpha value is -2.08. The van der Waals surface area contributed by atoms with Gasteiger partial charge in [0.05, 0.1) is 0 Å². The number of likely N-dealkylation sites (tertiary alicyclic amines) is 1. The molecule has 6 heteroatoms. The van der Waals surface area contributed by atoms with E-state index in [9.17, 15) is 9.59 Å². The fraction of sp³-hybridized carbons (Fsp3) is 0.636. The van der Waals surface area contributed by atoms with Gasteiger partial charge in [-0.3, -0.25) is 9.59 Å². The van der Waals surface area contributed by atoms with E-state index in [4.69, 9.17) is 9.47 Å². The highest BCUT2D eigenvalue weighted by atomic mass is 16.5. The SMILES string of the molecule is COCC(=O)N1CCC2(CC1)C[C@@H](CC(=O)NCC1CC1)c1ccccc1O2. The normalized spacial score (nSPS) is 23.0. The monoisotopic (exact) mass is 386 g/mol. The zero-order valence-electron chi connectivity index (χ0n) is 16.6. The molecule has 4 rings (SSSR count). The van der Waals surface area contributed by atoms with E-state index < -0.39 is 0 Å². The number of carbonyl (C=O) groups is 2. The standard InChI is InChI=1S/C22H30N2O4/c1-27-15-21(26)24-10-8-22(9-11-24)13-17(12-20(25)23-14-16-6-7-16)18-4-2-3-5-19(18)28-22/h2-5,16-17H,6-15H2,1H3,(H,23,25)/t17-/m1/s1. The number of rotatable bonds is 6. The average Bonchev–Trinajstić information content (AvgIpc) is 3.52. The molecule has 1 spiro atoms. The first-order valence-electron chi connectivity index (χ1n) is 10.4. The molecule has 2 amide bonds. The maximum atomic E-state index is 12.5. The van der Waals surface area contributed by atoms with Gasteiger partial charge in [0.2, 0.25) is 11.8 Å². The fourth-order valence-corrected chi connectivity index (χ4v) is 4.49. The third-order valence-electron chi connectivity index (χ3n) is 6.32. The van der Waals surface area contributed by atoms with Crippen molar-refractivity contribution >= 4 is 11.8 Å². The van der Waals surface area contributed by atoms with Gasteiger partial charge in [0.1, 0.15) is 18.0 Å². The Labute approximate surface area is 166 Å². The zero-order chi connectivity index (χ0) is 19.6. The Morgan fingerprint density at radius 1 is 1.25 bits per heavy atom. The maximum absolute atomic E-state index is 12.5. The molecular weight excluding hydrogens is 356 g/mol. The molecule has 28 heavy (non-hydrogen) atoms. The lowest BCUT2D eigenvalue weighted by Crippen LogP contribution is -2.52. The Balaban J connectivity index is 1.44. The molecule has 2 aliphatic heterocycles. The van der Waals surface area contributed by atoms with Crippen molar-refractivity contribution in [3.05, 3.63) is 29.8 Å². The topological polar surface area (TPSA) is 67.9 Å². The number of amides is 2. The van der Waals surface area contributed by atoms with Gasteiger partial charge in [-0.1, -0.05) is 18.2 Å². The van der Waals surface area contributed by atoms with Crippen molar-refractivity contribution in [3.63, 3.8) is 0 Å². The summed E-state index contributed by atoms with van der Waals surface area (Å²) in [6.07, 6.45) is 5.38. The summed E-state index contributed by atoms with van der Waals surface area (Å²) in [6.45, 7) is 2.28. The lowest BCUT2D eigenvalue weighted by molar-refractivity contribution is -0.139. The molecule has 1 saturated carbocycles. The van der Waals surface area contributed by atoms with Gasteiger partial charge in [-0.05, 0) is 36.8 Å². The number of nitrogens with one attached hydrogen (secondary N) is 1. The summed E-state index contributed by atoms with van der Waals surface area (Å²) in [5.41, 5.74) is 0.840. The summed E-state index contributed by atoms with van der Waals surface area (Å²) in [5, 5.41) is 3.10. The molecule has 1 atom stereocenters. The summed E-state index contributed by atoms with van der Waals surface area (Å²) in [4.78, 5) is 26.5. The van der Waals surface area contributed by atoms with Crippen LogP contribution < -0.4 is 10.1 Å². The predicted molar refractivity (Wildman–Crippen MR) is 105 cm³/mol. The Bertz CT molecular complexity index is 723. The minimum atomic E-state index is -0.292. The molecule has 0 radical (unpaired) electrons. The third-order valence-corrected chi connectivity index (χ3v) is 6.32. The van der Waals surface area contributed by atoms with E-state index in [-0.39, 0.29) is 29.9 Å². The number of fused-ring (bicyclic) bond motifs is 1. The number of para-hydroxylation sites is 1. The Kier molecular flexibility index (Phi) is 5.58. The van der Waals surface area contributed by atoms with Gasteiger partial charge in [0.15, 0.2) is 0 Å². The smallest absolute Gasteiger partial charge is 0.248 e. The summed E-state index contributed by atoms with van der Waals surface area (Å²) in [7, 11) is 1.55. The Morgan fingerprint density at radius 3 is 2.71 bits per heavy atom. The van der Waals surface area contributed by atoms with Crippen LogP contribution in [0.2, 0.25) is 0 Å². The van der Waals surface area contributed by atoms with Crippen molar-refractivity contribution in [2.24, 2.45) is 5.92 Å². The van der Waals surface area contributed by atoms with E-state index in [1.165, 1.54) is 12.8 Å². The van der Waals surface area contributed by atoms with Crippen molar-refractivity contribution in [1.29, 1.82) is 0 Å². The minimum absolute atomic E-state index is 0.0320. The van der Waals surface area contributed by atoms with E-state index in [0.717, 1.165) is 37.1 Å². The molecule has 0 aromatic heterocycles. The molecule has 1 saturated heterocycles.